The molecule has 1 fully saturated rings. The first-order valence-electron chi connectivity index (χ1n) is 7.61. The minimum absolute atomic E-state index is 0. The summed E-state index contributed by atoms with van der Waals surface area (Å²) in [5.41, 5.74) is 1.73. The normalized spacial score (nSPS) is 14.6. The van der Waals surface area contributed by atoms with E-state index < -0.39 is 0 Å². The Morgan fingerprint density at radius 2 is 1.78 bits per heavy atom. The van der Waals surface area contributed by atoms with Crippen molar-refractivity contribution in [2.24, 2.45) is 5.92 Å². The number of nitrogens with zero attached hydrogens (tertiary/aromatic N) is 1. The number of amides is 1. The van der Waals surface area contributed by atoms with Crippen molar-refractivity contribution >= 4 is 35.5 Å². The third-order valence-corrected chi connectivity index (χ3v) is 3.79. The van der Waals surface area contributed by atoms with Crippen molar-refractivity contribution in [3.63, 3.8) is 0 Å². The number of benzene rings is 1. The van der Waals surface area contributed by atoms with Gasteiger partial charge in [-0.2, -0.15) is 0 Å². The fourth-order valence-electron chi connectivity index (χ4n) is 2.54. The lowest BCUT2D eigenvalue weighted by molar-refractivity contribution is -0.120. The van der Waals surface area contributed by atoms with Crippen LogP contribution in [0.1, 0.15) is 12.8 Å². The van der Waals surface area contributed by atoms with Crippen molar-refractivity contribution in [2.75, 3.05) is 23.7 Å². The van der Waals surface area contributed by atoms with E-state index in [1.807, 2.05) is 42.5 Å². The van der Waals surface area contributed by atoms with Crippen molar-refractivity contribution in [3.8, 4) is 0 Å². The number of halogens is 1. The highest BCUT2D eigenvalue weighted by molar-refractivity contribution is 5.92. The van der Waals surface area contributed by atoms with Crippen molar-refractivity contribution in [1.82, 2.24) is 10.3 Å². The van der Waals surface area contributed by atoms with Crippen LogP contribution in [0.2, 0.25) is 0 Å². The first-order valence-corrected chi connectivity index (χ1v) is 7.61. The third kappa shape index (κ3) is 4.94. The molecule has 0 saturated carbocycles. The fourth-order valence-corrected chi connectivity index (χ4v) is 2.54. The van der Waals surface area contributed by atoms with E-state index in [-0.39, 0.29) is 24.2 Å². The van der Waals surface area contributed by atoms with Crippen LogP contribution >= 0.6 is 12.4 Å². The van der Waals surface area contributed by atoms with Gasteiger partial charge in [0.15, 0.2) is 0 Å². The van der Waals surface area contributed by atoms with Gasteiger partial charge in [0.1, 0.15) is 5.82 Å². The number of para-hydroxylation sites is 1. The first kappa shape index (κ1) is 17.2. The molecule has 1 saturated heterocycles. The Morgan fingerprint density at radius 1 is 1.04 bits per heavy atom. The summed E-state index contributed by atoms with van der Waals surface area (Å²) in [6.45, 7) is 1.83. The summed E-state index contributed by atoms with van der Waals surface area (Å²) in [4.78, 5) is 16.5. The number of pyridine rings is 1. The van der Waals surface area contributed by atoms with E-state index in [0.717, 1.165) is 43.1 Å². The maximum atomic E-state index is 12.2. The Morgan fingerprint density at radius 3 is 2.43 bits per heavy atom. The Kier molecular flexibility index (Phi) is 6.38. The molecule has 23 heavy (non-hydrogen) atoms. The molecule has 1 amide bonds. The summed E-state index contributed by atoms with van der Waals surface area (Å²) < 4.78 is 0. The van der Waals surface area contributed by atoms with Crippen LogP contribution in [0.25, 0.3) is 0 Å². The monoisotopic (exact) mass is 332 g/mol. The summed E-state index contributed by atoms with van der Waals surface area (Å²) in [6.07, 6.45) is 3.48. The van der Waals surface area contributed by atoms with Gasteiger partial charge in [0.2, 0.25) is 5.91 Å². The third-order valence-electron chi connectivity index (χ3n) is 3.79. The molecule has 1 aliphatic rings. The van der Waals surface area contributed by atoms with Crippen LogP contribution in [0.4, 0.5) is 17.2 Å². The average Bonchev–Trinajstić information content (AvgIpc) is 2.58. The second kappa shape index (κ2) is 8.50. The van der Waals surface area contributed by atoms with Crippen molar-refractivity contribution in [2.45, 2.75) is 12.8 Å². The van der Waals surface area contributed by atoms with E-state index in [9.17, 15) is 4.79 Å². The summed E-state index contributed by atoms with van der Waals surface area (Å²) in [5.74, 6) is 0.946. The topological polar surface area (TPSA) is 66.0 Å². The molecule has 0 radical (unpaired) electrons. The van der Waals surface area contributed by atoms with Crippen LogP contribution in [0.3, 0.4) is 0 Å². The Bertz CT molecular complexity index is 612. The predicted molar refractivity (Wildman–Crippen MR) is 95.4 cm³/mol. The van der Waals surface area contributed by atoms with E-state index in [2.05, 4.69) is 20.9 Å². The number of aromatic nitrogens is 1. The van der Waals surface area contributed by atoms with Gasteiger partial charge in [0, 0.05) is 11.6 Å². The highest BCUT2D eigenvalue weighted by Gasteiger charge is 2.20. The lowest BCUT2D eigenvalue weighted by atomic mass is 9.97. The zero-order valence-electron chi connectivity index (χ0n) is 12.8. The number of hydrogen-bond acceptors (Lipinski definition) is 4. The molecule has 6 heteroatoms. The van der Waals surface area contributed by atoms with E-state index in [0.29, 0.717) is 0 Å². The fraction of sp³-hybridized carbons (Fsp3) is 0.294. The van der Waals surface area contributed by atoms with E-state index in [4.69, 9.17) is 0 Å². The zero-order chi connectivity index (χ0) is 15.2. The molecule has 3 rings (SSSR count). The summed E-state index contributed by atoms with van der Waals surface area (Å²) in [7, 11) is 0. The van der Waals surface area contributed by atoms with Gasteiger partial charge >= 0.3 is 0 Å². The van der Waals surface area contributed by atoms with Gasteiger partial charge in [-0.05, 0) is 50.2 Å². The molecule has 2 aromatic rings. The molecule has 1 aromatic heterocycles. The zero-order valence-corrected chi connectivity index (χ0v) is 13.6. The number of piperidine rings is 1. The molecule has 0 spiro atoms. The van der Waals surface area contributed by atoms with Gasteiger partial charge in [0.25, 0.3) is 0 Å². The highest BCUT2D eigenvalue weighted by atomic mass is 35.5. The minimum Gasteiger partial charge on any atom is -0.340 e. The van der Waals surface area contributed by atoms with Crippen molar-refractivity contribution in [3.05, 3.63) is 48.7 Å². The first-order chi connectivity index (χ1) is 10.8. The largest absolute Gasteiger partial charge is 0.340 e. The highest BCUT2D eigenvalue weighted by Crippen LogP contribution is 2.18. The van der Waals surface area contributed by atoms with Gasteiger partial charge in [-0.15, -0.1) is 12.4 Å². The van der Waals surface area contributed by atoms with Crippen LogP contribution in [0.15, 0.2) is 48.7 Å². The smallest absolute Gasteiger partial charge is 0.227 e. The SMILES string of the molecule is Cl.O=C(Nc1ccc(Nc2ccccc2)nc1)C1CCNCC1. The number of hydrogen-bond donors (Lipinski definition) is 3. The second-order valence-electron chi connectivity index (χ2n) is 5.44. The molecular weight excluding hydrogens is 312 g/mol. The number of rotatable bonds is 4. The molecule has 5 nitrogen and oxygen atoms in total. The summed E-state index contributed by atoms with van der Waals surface area (Å²) in [5, 5.41) is 9.42. The minimum atomic E-state index is 0. The molecule has 2 heterocycles. The molecule has 122 valence electrons. The van der Waals surface area contributed by atoms with E-state index in [1.165, 1.54) is 0 Å². The van der Waals surface area contributed by atoms with Crippen molar-refractivity contribution in [1.29, 1.82) is 0 Å². The van der Waals surface area contributed by atoms with Crippen LogP contribution in [0.5, 0.6) is 0 Å². The number of carbonyl (C=O) groups is 1. The van der Waals surface area contributed by atoms with Crippen molar-refractivity contribution < 1.29 is 4.79 Å². The van der Waals surface area contributed by atoms with Gasteiger partial charge in [-0.25, -0.2) is 4.98 Å². The van der Waals surface area contributed by atoms with Crippen LogP contribution < -0.4 is 16.0 Å². The molecule has 1 aliphatic heterocycles. The van der Waals surface area contributed by atoms with Crippen LogP contribution in [0, 0.1) is 5.92 Å². The molecule has 0 atom stereocenters. The van der Waals surface area contributed by atoms with E-state index in [1.54, 1.807) is 6.20 Å². The van der Waals surface area contributed by atoms with Gasteiger partial charge < -0.3 is 16.0 Å². The molecule has 0 aliphatic carbocycles. The molecule has 0 bridgehead atoms. The maximum Gasteiger partial charge on any atom is 0.227 e. The summed E-state index contributed by atoms with van der Waals surface area (Å²) >= 11 is 0. The number of nitrogens with one attached hydrogen (secondary N) is 3. The summed E-state index contributed by atoms with van der Waals surface area (Å²) in [6, 6.07) is 13.6. The van der Waals surface area contributed by atoms with Gasteiger partial charge in [-0.3, -0.25) is 4.79 Å². The average molecular weight is 333 g/mol. The Hall–Kier alpha value is -2.11. The van der Waals surface area contributed by atoms with E-state index >= 15 is 0 Å². The molecule has 3 N–H and O–H groups in total. The van der Waals surface area contributed by atoms with Crippen LogP contribution in [-0.2, 0) is 4.79 Å². The molecule has 0 unspecified atom stereocenters. The molecule has 1 aromatic carbocycles. The Balaban J connectivity index is 0.00000192. The standard InChI is InChI=1S/C17H20N4O.ClH/c22-17(13-8-10-18-11-9-13)21-15-6-7-16(19-12-15)20-14-4-2-1-3-5-14;/h1-7,12-13,18H,8-11H2,(H,19,20)(H,21,22);1H. The van der Waals surface area contributed by atoms with Gasteiger partial charge in [0.05, 0.1) is 11.9 Å². The quantitative estimate of drug-likeness (QED) is 0.804. The lowest BCUT2D eigenvalue weighted by Crippen LogP contribution is -2.34. The predicted octanol–water partition coefficient (Wildman–Crippen LogP) is 3.19. The maximum absolute atomic E-state index is 12.2. The molecular formula is C17H21ClN4O. The van der Waals surface area contributed by atoms with Crippen LogP contribution in [-0.4, -0.2) is 24.0 Å². The Labute approximate surface area is 142 Å². The second-order valence-corrected chi connectivity index (χ2v) is 5.44. The van der Waals surface area contributed by atoms with Gasteiger partial charge in [-0.1, -0.05) is 18.2 Å². The number of anilines is 3. The lowest BCUT2D eigenvalue weighted by Gasteiger charge is -2.21. The number of carbonyl (C=O) groups excluding carboxylic acids is 1.